The molecule has 2 amide bonds. The summed E-state index contributed by atoms with van der Waals surface area (Å²) >= 11 is 6.37. The minimum atomic E-state index is -0.524. The average Bonchev–Trinajstić information content (AvgIpc) is 3.47. The molecule has 2 aliphatic heterocycles. The van der Waals surface area contributed by atoms with E-state index in [-0.39, 0.29) is 41.0 Å². The van der Waals surface area contributed by atoms with Crippen LogP contribution in [-0.4, -0.2) is 34.6 Å². The SMILES string of the molecule is CCCC1=C2[C@@H](CC/C(=C/c3ccc(O)cc3Cl)CCC)OC[C@@H]2[C@@H]2C(=O)N(c3cccc([N+](=O)[O-])c3)C(=O)[C@@H]2C1. The van der Waals surface area contributed by atoms with Gasteiger partial charge in [0.25, 0.3) is 5.69 Å². The van der Waals surface area contributed by atoms with Gasteiger partial charge >= 0.3 is 0 Å². The molecule has 5 rings (SSSR count). The number of hydrogen-bond acceptors (Lipinski definition) is 6. The van der Waals surface area contributed by atoms with E-state index in [1.807, 2.05) is 6.07 Å². The fraction of sp³-hybridized carbons (Fsp3) is 0.438. The van der Waals surface area contributed by atoms with Gasteiger partial charge in [-0.05, 0) is 67.5 Å². The number of carbonyl (C=O) groups excluding carboxylic acids is 2. The number of rotatable bonds is 10. The van der Waals surface area contributed by atoms with Gasteiger partial charge in [-0.2, -0.15) is 0 Å². The van der Waals surface area contributed by atoms with E-state index in [2.05, 4.69) is 19.9 Å². The molecule has 216 valence electrons. The molecular formula is C32H35ClN2O6. The topological polar surface area (TPSA) is 110 Å². The summed E-state index contributed by atoms with van der Waals surface area (Å²) in [6, 6.07) is 10.7. The third-order valence-corrected chi connectivity index (χ3v) is 8.83. The molecule has 0 saturated carbocycles. The zero-order chi connectivity index (χ0) is 29.3. The Balaban J connectivity index is 1.40. The van der Waals surface area contributed by atoms with Crippen molar-refractivity contribution in [3.8, 4) is 5.75 Å². The molecule has 4 atom stereocenters. The minimum Gasteiger partial charge on any atom is -0.508 e. The number of aromatic hydroxyl groups is 1. The second kappa shape index (κ2) is 12.2. The van der Waals surface area contributed by atoms with Crippen LogP contribution in [0.1, 0.15) is 64.4 Å². The second-order valence-electron chi connectivity index (χ2n) is 11.2. The Labute approximate surface area is 244 Å². The van der Waals surface area contributed by atoms with Crippen LogP contribution in [0.15, 0.2) is 59.2 Å². The maximum Gasteiger partial charge on any atom is 0.271 e. The first-order chi connectivity index (χ1) is 19.7. The number of imide groups is 1. The van der Waals surface area contributed by atoms with Crippen molar-refractivity contribution in [2.24, 2.45) is 17.8 Å². The number of phenols is 1. The highest BCUT2D eigenvalue weighted by molar-refractivity contribution is 6.32. The highest BCUT2D eigenvalue weighted by Gasteiger charge is 2.57. The summed E-state index contributed by atoms with van der Waals surface area (Å²) in [6.07, 6.45) is 7.68. The molecule has 1 aliphatic carbocycles. The molecular weight excluding hydrogens is 544 g/mol. The maximum absolute atomic E-state index is 13.8. The first kappa shape index (κ1) is 29.0. The predicted molar refractivity (Wildman–Crippen MR) is 158 cm³/mol. The number of halogens is 1. The number of ether oxygens (including phenoxy) is 1. The van der Waals surface area contributed by atoms with Crippen molar-refractivity contribution >= 4 is 40.9 Å². The number of fused-ring (bicyclic) bond motifs is 3. The van der Waals surface area contributed by atoms with Crippen LogP contribution in [0.3, 0.4) is 0 Å². The molecule has 8 nitrogen and oxygen atoms in total. The summed E-state index contributed by atoms with van der Waals surface area (Å²) in [5, 5.41) is 21.6. The summed E-state index contributed by atoms with van der Waals surface area (Å²) in [4.78, 5) is 39.3. The predicted octanol–water partition coefficient (Wildman–Crippen LogP) is 7.24. The Morgan fingerprint density at radius 1 is 1.12 bits per heavy atom. The Morgan fingerprint density at radius 3 is 2.63 bits per heavy atom. The number of nitro groups is 1. The van der Waals surface area contributed by atoms with Crippen LogP contribution in [0, 0.1) is 27.9 Å². The first-order valence-electron chi connectivity index (χ1n) is 14.4. The molecule has 2 fully saturated rings. The van der Waals surface area contributed by atoms with Gasteiger partial charge in [0.05, 0.1) is 40.2 Å². The molecule has 2 heterocycles. The molecule has 1 N–H and O–H groups in total. The number of allylic oxidation sites excluding steroid dienone is 2. The van der Waals surface area contributed by atoms with E-state index in [1.165, 1.54) is 34.9 Å². The molecule has 2 aromatic rings. The van der Waals surface area contributed by atoms with E-state index in [9.17, 15) is 24.8 Å². The highest BCUT2D eigenvalue weighted by Crippen LogP contribution is 2.51. The van der Waals surface area contributed by atoms with E-state index in [4.69, 9.17) is 16.3 Å². The molecule has 0 aromatic heterocycles. The van der Waals surface area contributed by atoms with Gasteiger partial charge in [-0.1, -0.05) is 61.6 Å². The van der Waals surface area contributed by atoms with Gasteiger partial charge in [0.15, 0.2) is 0 Å². The van der Waals surface area contributed by atoms with Crippen LogP contribution in [0.4, 0.5) is 11.4 Å². The van der Waals surface area contributed by atoms with Crippen molar-refractivity contribution < 1.29 is 24.4 Å². The molecule has 41 heavy (non-hydrogen) atoms. The Morgan fingerprint density at radius 2 is 1.93 bits per heavy atom. The third kappa shape index (κ3) is 5.68. The number of nitrogens with zero attached hydrogens (tertiary/aromatic N) is 2. The van der Waals surface area contributed by atoms with Gasteiger partial charge in [-0.3, -0.25) is 19.7 Å². The molecule has 2 saturated heterocycles. The minimum absolute atomic E-state index is 0.129. The lowest BCUT2D eigenvalue weighted by atomic mass is 9.68. The molecule has 0 bridgehead atoms. The number of nitro benzene ring substituents is 1. The van der Waals surface area contributed by atoms with Crippen molar-refractivity contribution in [1.29, 1.82) is 0 Å². The number of hydrogen-bond donors (Lipinski definition) is 1. The van der Waals surface area contributed by atoms with Crippen molar-refractivity contribution in [3.63, 3.8) is 0 Å². The van der Waals surface area contributed by atoms with Crippen LogP contribution in [0.2, 0.25) is 5.02 Å². The van der Waals surface area contributed by atoms with Gasteiger partial charge in [0.2, 0.25) is 11.8 Å². The lowest BCUT2D eigenvalue weighted by Gasteiger charge is -2.32. The highest BCUT2D eigenvalue weighted by atomic mass is 35.5. The van der Waals surface area contributed by atoms with Crippen LogP contribution in [-0.2, 0) is 14.3 Å². The Hall–Kier alpha value is -3.49. The van der Waals surface area contributed by atoms with E-state index >= 15 is 0 Å². The summed E-state index contributed by atoms with van der Waals surface area (Å²) in [5.74, 6) is -1.63. The molecule has 3 aliphatic rings. The van der Waals surface area contributed by atoms with Gasteiger partial charge in [-0.15, -0.1) is 0 Å². The Bertz CT molecular complexity index is 1430. The third-order valence-electron chi connectivity index (χ3n) is 8.50. The van der Waals surface area contributed by atoms with Gasteiger partial charge < -0.3 is 9.84 Å². The largest absolute Gasteiger partial charge is 0.508 e. The van der Waals surface area contributed by atoms with Gasteiger partial charge in [0, 0.05) is 18.1 Å². The number of non-ortho nitro benzene ring substituents is 1. The number of amides is 2. The van der Waals surface area contributed by atoms with Crippen molar-refractivity contribution in [2.75, 3.05) is 11.5 Å². The zero-order valence-electron chi connectivity index (χ0n) is 23.3. The maximum atomic E-state index is 13.8. The van der Waals surface area contributed by atoms with Crippen LogP contribution >= 0.6 is 11.6 Å². The zero-order valence-corrected chi connectivity index (χ0v) is 24.1. The lowest BCUT2D eigenvalue weighted by Crippen LogP contribution is -2.34. The molecule has 9 heteroatoms. The fourth-order valence-electron chi connectivity index (χ4n) is 6.77. The van der Waals surface area contributed by atoms with Gasteiger partial charge in [0.1, 0.15) is 5.75 Å². The van der Waals surface area contributed by atoms with Crippen LogP contribution in [0.5, 0.6) is 5.75 Å². The molecule has 0 unspecified atom stereocenters. The fourth-order valence-corrected chi connectivity index (χ4v) is 7.00. The quantitative estimate of drug-likeness (QED) is 0.138. The van der Waals surface area contributed by atoms with Crippen molar-refractivity contribution in [3.05, 3.63) is 79.9 Å². The normalized spacial score (nSPS) is 24.2. The first-order valence-corrected chi connectivity index (χ1v) is 14.7. The molecule has 0 spiro atoms. The van der Waals surface area contributed by atoms with Crippen LogP contribution < -0.4 is 4.90 Å². The average molecular weight is 579 g/mol. The second-order valence-corrected chi connectivity index (χ2v) is 11.6. The number of phenolic OH excluding ortho intramolecular Hbond substituents is 1. The van der Waals surface area contributed by atoms with E-state index in [1.54, 1.807) is 18.2 Å². The van der Waals surface area contributed by atoms with E-state index in [0.29, 0.717) is 18.1 Å². The van der Waals surface area contributed by atoms with E-state index in [0.717, 1.165) is 49.0 Å². The number of carbonyl (C=O) groups is 2. The lowest BCUT2D eigenvalue weighted by molar-refractivity contribution is -0.384. The Kier molecular flexibility index (Phi) is 8.61. The summed E-state index contributed by atoms with van der Waals surface area (Å²) in [5.41, 5.74) is 4.58. The van der Waals surface area contributed by atoms with E-state index < -0.39 is 16.8 Å². The molecule has 2 aromatic carbocycles. The van der Waals surface area contributed by atoms with Crippen LogP contribution in [0.25, 0.3) is 6.08 Å². The van der Waals surface area contributed by atoms with Gasteiger partial charge in [-0.25, -0.2) is 4.90 Å². The monoisotopic (exact) mass is 578 g/mol. The summed E-state index contributed by atoms with van der Waals surface area (Å²) < 4.78 is 6.36. The molecule has 0 radical (unpaired) electrons. The summed E-state index contributed by atoms with van der Waals surface area (Å²) in [7, 11) is 0. The van der Waals surface area contributed by atoms with Crippen molar-refractivity contribution in [2.45, 2.75) is 64.9 Å². The summed E-state index contributed by atoms with van der Waals surface area (Å²) in [6.45, 7) is 4.63. The smallest absolute Gasteiger partial charge is 0.271 e. The van der Waals surface area contributed by atoms with Crippen molar-refractivity contribution in [1.82, 2.24) is 0 Å². The number of benzene rings is 2. The standard InChI is InChI=1S/C32H35ClN2O6/c1-3-6-19(14-20-11-12-24(36)17-27(20)33)10-13-28-29-21(7-4-2)15-25-30(26(29)18-41-28)32(38)34(31(25)37)22-8-5-9-23(16-22)35(39)40/h5,8-9,11-12,14,16-17,25-26,28,30,36H,3-4,6-7,10,13,15,18H2,1-2H3/b19-14+/t25-,26+,28-,30-/m1/s1. The number of anilines is 1.